The molecule has 0 bridgehead atoms. The topological polar surface area (TPSA) is 94.1 Å². The summed E-state index contributed by atoms with van der Waals surface area (Å²) in [6, 6.07) is 17.6. The van der Waals surface area contributed by atoms with E-state index < -0.39 is 12.1 Å². The molecule has 0 fully saturated rings. The zero-order chi connectivity index (χ0) is 24.2. The van der Waals surface area contributed by atoms with Crippen molar-refractivity contribution >= 4 is 72.4 Å². The van der Waals surface area contributed by atoms with Crippen LogP contribution in [0.3, 0.4) is 0 Å². The van der Waals surface area contributed by atoms with Gasteiger partial charge in [-0.2, -0.15) is 0 Å². The Morgan fingerprint density at radius 1 is 1.09 bits per heavy atom. The van der Waals surface area contributed by atoms with Gasteiger partial charge in [-0.1, -0.05) is 36.0 Å². The number of aromatic nitrogens is 3. The first-order chi connectivity index (χ1) is 17.0. The number of hydrogen-bond acceptors (Lipinski definition) is 9. The molecule has 0 saturated heterocycles. The van der Waals surface area contributed by atoms with Crippen LogP contribution in [0.2, 0.25) is 0 Å². The molecule has 1 N–H and O–H groups in total. The summed E-state index contributed by atoms with van der Waals surface area (Å²) in [6.45, 7) is 1.56. The van der Waals surface area contributed by atoms with Gasteiger partial charge in [-0.15, -0.1) is 22.7 Å². The van der Waals surface area contributed by atoms with Crippen molar-refractivity contribution in [2.45, 2.75) is 24.5 Å². The molecule has 1 amide bonds. The number of rotatable bonds is 8. The average molecular weight is 521 g/mol. The van der Waals surface area contributed by atoms with Gasteiger partial charge in [0.25, 0.3) is 5.91 Å². The van der Waals surface area contributed by atoms with Crippen LogP contribution in [0, 0.1) is 0 Å². The first kappa shape index (κ1) is 23.4. The summed E-state index contributed by atoms with van der Waals surface area (Å²) >= 11 is 4.47. The van der Waals surface area contributed by atoms with Gasteiger partial charge in [0.2, 0.25) is 0 Å². The number of carbonyl (C=O) groups is 2. The maximum Gasteiger partial charge on any atom is 0.317 e. The van der Waals surface area contributed by atoms with Gasteiger partial charge < -0.3 is 10.1 Å². The molecular formula is C25H20N4O3S3. The predicted octanol–water partition coefficient (Wildman–Crippen LogP) is 5.55. The van der Waals surface area contributed by atoms with Gasteiger partial charge in [-0.05, 0) is 48.2 Å². The monoisotopic (exact) mass is 520 g/mol. The van der Waals surface area contributed by atoms with Gasteiger partial charge in [-0.3, -0.25) is 9.59 Å². The SMILES string of the molecule is CC(OC(=O)CSc1ncnc2sccc12)C(=O)Nc1ccc(Cc2nc3ccccc3s2)cc1. The highest BCUT2D eigenvalue weighted by molar-refractivity contribution is 8.00. The van der Waals surface area contributed by atoms with E-state index >= 15 is 0 Å². The molecule has 1 unspecified atom stereocenters. The highest BCUT2D eigenvalue weighted by Crippen LogP contribution is 2.28. The lowest BCUT2D eigenvalue weighted by molar-refractivity contribution is -0.150. The van der Waals surface area contributed by atoms with Crippen LogP contribution < -0.4 is 5.32 Å². The number of nitrogens with zero attached hydrogens (tertiary/aromatic N) is 3. The fourth-order valence-electron chi connectivity index (χ4n) is 3.41. The molecule has 3 heterocycles. The number of ether oxygens (including phenoxy) is 1. The highest BCUT2D eigenvalue weighted by atomic mass is 32.2. The third-order valence-electron chi connectivity index (χ3n) is 5.14. The molecular weight excluding hydrogens is 501 g/mol. The molecule has 0 aliphatic rings. The second-order valence-electron chi connectivity index (χ2n) is 7.68. The van der Waals surface area contributed by atoms with Crippen LogP contribution in [-0.4, -0.2) is 38.7 Å². The molecule has 7 nitrogen and oxygen atoms in total. The summed E-state index contributed by atoms with van der Waals surface area (Å²) in [5.74, 6) is -0.810. The van der Waals surface area contributed by atoms with Crippen molar-refractivity contribution in [1.82, 2.24) is 15.0 Å². The van der Waals surface area contributed by atoms with Crippen molar-refractivity contribution in [3.05, 3.63) is 76.9 Å². The number of esters is 1. The van der Waals surface area contributed by atoms with Crippen LogP contribution in [-0.2, 0) is 20.7 Å². The van der Waals surface area contributed by atoms with E-state index in [-0.39, 0.29) is 11.7 Å². The fraction of sp³-hybridized carbons (Fsp3) is 0.160. The predicted molar refractivity (Wildman–Crippen MR) is 141 cm³/mol. The number of nitrogens with one attached hydrogen (secondary N) is 1. The Morgan fingerprint density at radius 3 is 2.74 bits per heavy atom. The van der Waals surface area contributed by atoms with E-state index in [9.17, 15) is 9.59 Å². The molecule has 0 aliphatic carbocycles. The Kier molecular flexibility index (Phi) is 7.03. The second kappa shape index (κ2) is 10.5. The Labute approximate surface area is 213 Å². The van der Waals surface area contributed by atoms with Gasteiger partial charge in [0.05, 0.1) is 21.0 Å². The van der Waals surface area contributed by atoms with Crippen molar-refractivity contribution in [2.24, 2.45) is 0 Å². The molecule has 0 saturated carbocycles. The van der Waals surface area contributed by atoms with Crippen LogP contribution >= 0.6 is 34.4 Å². The zero-order valence-electron chi connectivity index (χ0n) is 18.6. The maximum absolute atomic E-state index is 12.5. The number of thiazole rings is 1. The number of hydrogen-bond donors (Lipinski definition) is 1. The van der Waals surface area contributed by atoms with E-state index in [1.165, 1.54) is 34.1 Å². The minimum Gasteiger partial charge on any atom is -0.452 e. The lowest BCUT2D eigenvalue weighted by atomic mass is 10.1. The molecule has 0 aliphatic heterocycles. The molecule has 5 rings (SSSR count). The first-order valence-corrected chi connectivity index (χ1v) is 13.5. The number of fused-ring (bicyclic) bond motifs is 2. The number of anilines is 1. The third kappa shape index (κ3) is 5.67. The van der Waals surface area contributed by atoms with Crippen LogP contribution in [0.15, 0.2) is 71.3 Å². The molecule has 10 heteroatoms. The summed E-state index contributed by atoms with van der Waals surface area (Å²) in [5, 5.41) is 7.40. The molecule has 0 radical (unpaired) electrons. The van der Waals surface area contributed by atoms with Gasteiger partial charge in [0, 0.05) is 17.5 Å². The number of thiophene rings is 1. The van der Waals surface area contributed by atoms with E-state index in [1.807, 2.05) is 53.9 Å². The van der Waals surface area contributed by atoms with Crippen LogP contribution in [0.25, 0.3) is 20.4 Å². The first-order valence-electron chi connectivity index (χ1n) is 10.8. The lowest BCUT2D eigenvalue weighted by Gasteiger charge is -2.13. The normalized spacial score (nSPS) is 12.0. The largest absolute Gasteiger partial charge is 0.452 e. The Morgan fingerprint density at radius 2 is 1.91 bits per heavy atom. The molecule has 176 valence electrons. The summed E-state index contributed by atoms with van der Waals surface area (Å²) in [4.78, 5) is 38.8. The number of carbonyl (C=O) groups excluding carboxylic acids is 2. The van der Waals surface area contributed by atoms with Crippen molar-refractivity contribution in [1.29, 1.82) is 0 Å². The maximum atomic E-state index is 12.5. The van der Waals surface area contributed by atoms with Crippen molar-refractivity contribution in [3.8, 4) is 0 Å². The van der Waals surface area contributed by atoms with E-state index in [4.69, 9.17) is 4.74 Å². The summed E-state index contributed by atoms with van der Waals surface area (Å²) in [6.07, 6.45) is 1.29. The van der Waals surface area contributed by atoms with E-state index in [0.717, 1.165) is 37.8 Å². The van der Waals surface area contributed by atoms with Crippen molar-refractivity contribution < 1.29 is 14.3 Å². The fourth-order valence-corrected chi connectivity index (χ4v) is 5.98. The molecule has 5 aromatic rings. The molecule has 35 heavy (non-hydrogen) atoms. The Bertz CT molecular complexity index is 1460. The minimum absolute atomic E-state index is 0.0556. The summed E-state index contributed by atoms with van der Waals surface area (Å²) in [7, 11) is 0. The van der Waals surface area contributed by atoms with E-state index in [0.29, 0.717) is 5.69 Å². The minimum atomic E-state index is -0.919. The summed E-state index contributed by atoms with van der Waals surface area (Å²) in [5.41, 5.74) is 2.75. The van der Waals surface area contributed by atoms with Gasteiger partial charge in [-0.25, -0.2) is 15.0 Å². The summed E-state index contributed by atoms with van der Waals surface area (Å²) < 4.78 is 6.48. The highest BCUT2D eigenvalue weighted by Gasteiger charge is 2.19. The average Bonchev–Trinajstić information content (AvgIpc) is 3.50. The standard InChI is InChI=1S/C25H20N4O3S3/c1-15(32-22(30)13-34-25-18-10-11-33-24(18)26-14-27-25)23(31)28-17-8-6-16(7-9-17)12-21-29-19-4-2-3-5-20(19)35-21/h2-11,14-15H,12-13H2,1H3,(H,28,31). The van der Waals surface area contributed by atoms with E-state index in [2.05, 4.69) is 26.3 Å². The molecule has 2 aromatic carbocycles. The van der Waals surface area contributed by atoms with Crippen molar-refractivity contribution in [2.75, 3.05) is 11.1 Å². The van der Waals surface area contributed by atoms with Gasteiger partial charge in [0.1, 0.15) is 16.2 Å². The van der Waals surface area contributed by atoms with Crippen LogP contribution in [0.4, 0.5) is 5.69 Å². The zero-order valence-corrected chi connectivity index (χ0v) is 21.1. The molecule has 3 aromatic heterocycles. The third-order valence-corrected chi connectivity index (χ3v) is 7.98. The van der Waals surface area contributed by atoms with Gasteiger partial charge >= 0.3 is 5.97 Å². The number of thioether (sulfide) groups is 1. The number of benzene rings is 2. The Hall–Kier alpha value is -3.34. The van der Waals surface area contributed by atoms with Crippen LogP contribution in [0.5, 0.6) is 0 Å². The lowest BCUT2D eigenvalue weighted by Crippen LogP contribution is -2.30. The smallest absolute Gasteiger partial charge is 0.317 e. The molecule has 1 atom stereocenters. The second-order valence-corrected chi connectivity index (χ2v) is 10.7. The van der Waals surface area contributed by atoms with E-state index in [1.54, 1.807) is 18.3 Å². The Balaban J connectivity index is 1.12. The van der Waals surface area contributed by atoms with Crippen LogP contribution in [0.1, 0.15) is 17.5 Å². The van der Waals surface area contributed by atoms with Gasteiger partial charge in [0.15, 0.2) is 6.10 Å². The number of para-hydroxylation sites is 1. The molecule has 0 spiro atoms. The van der Waals surface area contributed by atoms with Crippen molar-refractivity contribution in [3.63, 3.8) is 0 Å². The number of amides is 1. The quantitative estimate of drug-likeness (QED) is 0.163.